The van der Waals surface area contributed by atoms with Gasteiger partial charge in [0.2, 0.25) is 5.95 Å². The maximum absolute atomic E-state index is 12.1. The normalized spacial score (nSPS) is 14.4. The summed E-state index contributed by atoms with van der Waals surface area (Å²) in [4.78, 5) is 22.7. The third-order valence-electron chi connectivity index (χ3n) is 3.98. The minimum Gasteiger partial charge on any atom is -0.379 e. The van der Waals surface area contributed by atoms with Crippen LogP contribution in [-0.4, -0.2) is 60.2 Å². The van der Waals surface area contributed by atoms with Crippen LogP contribution in [0.5, 0.6) is 0 Å². The van der Waals surface area contributed by atoms with E-state index in [1.165, 1.54) is 12.4 Å². The summed E-state index contributed by atoms with van der Waals surface area (Å²) in [6.07, 6.45) is 2.96. The molecule has 1 aliphatic rings. The standard InChI is InChI=1S/C18H20N6O2/c19-11-14-2-1-3-16(10-14)23-18-21-12-15(13-22-18)17(25)20-4-5-24-6-8-26-9-7-24/h1-3,10,12-13H,4-9H2,(H,20,25)(H,21,22,23). The van der Waals surface area contributed by atoms with Gasteiger partial charge < -0.3 is 15.4 Å². The quantitative estimate of drug-likeness (QED) is 0.804. The predicted molar refractivity (Wildman–Crippen MR) is 96.1 cm³/mol. The summed E-state index contributed by atoms with van der Waals surface area (Å²) in [5.41, 5.74) is 1.67. The van der Waals surface area contributed by atoms with Crippen LogP contribution in [0.1, 0.15) is 15.9 Å². The van der Waals surface area contributed by atoms with Crippen LogP contribution >= 0.6 is 0 Å². The fraction of sp³-hybridized carbons (Fsp3) is 0.333. The van der Waals surface area contributed by atoms with E-state index in [0.717, 1.165) is 32.8 Å². The van der Waals surface area contributed by atoms with Crippen molar-refractivity contribution in [3.05, 3.63) is 47.8 Å². The van der Waals surface area contributed by atoms with Gasteiger partial charge in [-0.1, -0.05) is 6.07 Å². The van der Waals surface area contributed by atoms with E-state index in [2.05, 4.69) is 31.6 Å². The highest BCUT2D eigenvalue weighted by Crippen LogP contribution is 2.14. The maximum Gasteiger partial charge on any atom is 0.254 e. The highest BCUT2D eigenvalue weighted by Gasteiger charge is 2.11. The van der Waals surface area contributed by atoms with E-state index in [1.807, 2.05) is 6.07 Å². The molecule has 1 aromatic heterocycles. The van der Waals surface area contributed by atoms with Crippen LogP contribution in [-0.2, 0) is 4.74 Å². The smallest absolute Gasteiger partial charge is 0.254 e. The molecular weight excluding hydrogens is 332 g/mol. The summed E-state index contributed by atoms with van der Waals surface area (Å²) in [5.74, 6) is 0.168. The van der Waals surface area contributed by atoms with Gasteiger partial charge in [0.05, 0.1) is 30.4 Å². The number of rotatable bonds is 6. The summed E-state index contributed by atoms with van der Waals surface area (Å²) < 4.78 is 5.30. The van der Waals surface area contributed by atoms with E-state index in [4.69, 9.17) is 10.00 Å². The van der Waals surface area contributed by atoms with Gasteiger partial charge in [0.1, 0.15) is 0 Å². The zero-order valence-electron chi connectivity index (χ0n) is 14.3. The van der Waals surface area contributed by atoms with Gasteiger partial charge in [-0.25, -0.2) is 9.97 Å². The number of hydrogen-bond acceptors (Lipinski definition) is 7. The number of amides is 1. The lowest BCUT2D eigenvalue weighted by Crippen LogP contribution is -2.41. The fourth-order valence-corrected chi connectivity index (χ4v) is 2.56. The zero-order chi connectivity index (χ0) is 18.2. The number of nitrogens with one attached hydrogen (secondary N) is 2. The number of ether oxygens (including phenoxy) is 1. The monoisotopic (exact) mass is 352 g/mol. The molecule has 0 saturated carbocycles. The number of nitrogens with zero attached hydrogens (tertiary/aromatic N) is 4. The second-order valence-electron chi connectivity index (χ2n) is 5.82. The van der Waals surface area contributed by atoms with Gasteiger partial charge in [-0.2, -0.15) is 5.26 Å². The summed E-state index contributed by atoms with van der Waals surface area (Å²) >= 11 is 0. The molecule has 8 nitrogen and oxygen atoms in total. The first-order chi connectivity index (χ1) is 12.7. The van der Waals surface area contributed by atoms with E-state index in [9.17, 15) is 4.79 Å². The summed E-state index contributed by atoms with van der Waals surface area (Å²) in [5, 5.41) is 14.8. The minimum absolute atomic E-state index is 0.198. The number of hydrogen-bond donors (Lipinski definition) is 2. The molecule has 0 atom stereocenters. The Hall–Kier alpha value is -3.02. The molecule has 1 amide bonds. The Morgan fingerprint density at radius 3 is 2.77 bits per heavy atom. The van der Waals surface area contributed by atoms with E-state index in [0.29, 0.717) is 29.3 Å². The molecular formula is C18H20N6O2. The third kappa shape index (κ3) is 4.99. The SMILES string of the molecule is N#Cc1cccc(Nc2ncc(C(=O)NCCN3CCOCC3)cn2)c1. The average molecular weight is 352 g/mol. The Balaban J connectivity index is 1.50. The Bertz CT molecular complexity index is 781. The highest BCUT2D eigenvalue weighted by atomic mass is 16.5. The molecule has 134 valence electrons. The third-order valence-corrected chi connectivity index (χ3v) is 3.98. The van der Waals surface area contributed by atoms with Crippen LogP contribution in [0.3, 0.4) is 0 Å². The lowest BCUT2D eigenvalue weighted by atomic mass is 10.2. The molecule has 0 bridgehead atoms. The van der Waals surface area contributed by atoms with Crippen molar-refractivity contribution in [1.29, 1.82) is 5.26 Å². The lowest BCUT2D eigenvalue weighted by molar-refractivity contribution is 0.0383. The van der Waals surface area contributed by atoms with Crippen molar-refractivity contribution in [2.75, 3.05) is 44.7 Å². The number of morpholine rings is 1. The van der Waals surface area contributed by atoms with Crippen molar-refractivity contribution < 1.29 is 9.53 Å². The van der Waals surface area contributed by atoms with E-state index in [-0.39, 0.29) is 5.91 Å². The van der Waals surface area contributed by atoms with E-state index < -0.39 is 0 Å². The summed E-state index contributed by atoms with van der Waals surface area (Å²) in [6.45, 7) is 4.64. The Kier molecular flexibility index (Phi) is 6.09. The lowest BCUT2D eigenvalue weighted by Gasteiger charge is -2.26. The van der Waals surface area contributed by atoms with Crippen molar-refractivity contribution in [2.24, 2.45) is 0 Å². The van der Waals surface area contributed by atoms with Crippen LogP contribution < -0.4 is 10.6 Å². The van der Waals surface area contributed by atoms with Gasteiger partial charge in [0.15, 0.2) is 0 Å². The first kappa shape index (κ1) is 17.8. The molecule has 0 radical (unpaired) electrons. The second-order valence-corrected chi connectivity index (χ2v) is 5.82. The van der Waals surface area contributed by atoms with Crippen LogP contribution in [0, 0.1) is 11.3 Å². The number of carbonyl (C=O) groups is 1. The Morgan fingerprint density at radius 2 is 2.04 bits per heavy atom. The Labute approximate surface area is 151 Å². The fourth-order valence-electron chi connectivity index (χ4n) is 2.56. The molecule has 1 aromatic carbocycles. The van der Waals surface area contributed by atoms with Gasteiger partial charge in [0, 0.05) is 44.3 Å². The largest absolute Gasteiger partial charge is 0.379 e. The van der Waals surface area contributed by atoms with Gasteiger partial charge >= 0.3 is 0 Å². The molecule has 1 fully saturated rings. The topological polar surface area (TPSA) is 103 Å². The van der Waals surface area contributed by atoms with Crippen molar-refractivity contribution in [3.8, 4) is 6.07 Å². The van der Waals surface area contributed by atoms with Gasteiger partial charge in [0.25, 0.3) is 5.91 Å². The van der Waals surface area contributed by atoms with Crippen molar-refractivity contribution in [2.45, 2.75) is 0 Å². The molecule has 0 unspecified atom stereocenters. The average Bonchev–Trinajstić information content (AvgIpc) is 2.69. The van der Waals surface area contributed by atoms with Gasteiger partial charge in [-0.15, -0.1) is 0 Å². The molecule has 0 spiro atoms. The molecule has 1 aliphatic heterocycles. The van der Waals surface area contributed by atoms with Crippen molar-refractivity contribution in [3.63, 3.8) is 0 Å². The first-order valence-corrected chi connectivity index (χ1v) is 8.42. The molecule has 2 heterocycles. The van der Waals surface area contributed by atoms with Crippen LogP contribution in [0.2, 0.25) is 0 Å². The number of benzene rings is 1. The first-order valence-electron chi connectivity index (χ1n) is 8.42. The highest BCUT2D eigenvalue weighted by molar-refractivity contribution is 5.93. The van der Waals surface area contributed by atoms with E-state index >= 15 is 0 Å². The van der Waals surface area contributed by atoms with Gasteiger partial charge in [-0.3, -0.25) is 9.69 Å². The minimum atomic E-state index is -0.198. The second kappa shape index (κ2) is 8.89. The van der Waals surface area contributed by atoms with Crippen molar-refractivity contribution >= 4 is 17.5 Å². The molecule has 2 N–H and O–H groups in total. The molecule has 26 heavy (non-hydrogen) atoms. The van der Waals surface area contributed by atoms with Crippen molar-refractivity contribution in [1.82, 2.24) is 20.2 Å². The van der Waals surface area contributed by atoms with Crippen LogP contribution in [0.4, 0.5) is 11.6 Å². The number of nitriles is 1. The number of carbonyl (C=O) groups excluding carboxylic acids is 1. The molecule has 1 saturated heterocycles. The number of aromatic nitrogens is 2. The predicted octanol–water partition coefficient (Wildman–Crippen LogP) is 1.15. The van der Waals surface area contributed by atoms with Crippen LogP contribution in [0.15, 0.2) is 36.7 Å². The molecule has 0 aliphatic carbocycles. The Morgan fingerprint density at radius 1 is 1.27 bits per heavy atom. The summed E-state index contributed by atoms with van der Waals surface area (Å²) in [6, 6.07) is 9.09. The molecule has 3 rings (SSSR count). The molecule has 8 heteroatoms. The maximum atomic E-state index is 12.1. The molecule has 2 aromatic rings. The van der Waals surface area contributed by atoms with Crippen LogP contribution in [0.25, 0.3) is 0 Å². The number of anilines is 2. The summed E-state index contributed by atoms with van der Waals surface area (Å²) in [7, 11) is 0. The van der Waals surface area contributed by atoms with Gasteiger partial charge in [-0.05, 0) is 18.2 Å². The van der Waals surface area contributed by atoms with E-state index in [1.54, 1.807) is 18.2 Å². The zero-order valence-corrected chi connectivity index (χ0v) is 14.3.